The maximum absolute atomic E-state index is 12.7. The Balaban J connectivity index is 1.83. The van der Waals surface area contributed by atoms with Crippen LogP contribution in [-0.4, -0.2) is 21.8 Å². The van der Waals surface area contributed by atoms with E-state index in [1.807, 2.05) is 48.2 Å². The van der Waals surface area contributed by atoms with Gasteiger partial charge < -0.3 is 10.6 Å². The molecule has 2 N–H and O–H groups in total. The molecule has 0 radical (unpaired) electrons. The third kappa shape index (κ3) is 3.05. The molecule has 4 heteroatoms. The topological polar surface area (TPSA) is 59.2 Å². The largest absolute Gasteiger partial charge is 0.398 e. The summed E-state index contributed by atoms with van der Waals surface area (Å²) in [5.41, 5.74) is 9.28. The number of aromatic nitrogens is 1. The molecule has 2 aromatic rings. The summed E-state index contributed by atoms with van der Waals surface area (Å²) in [5.74, 6) is 0.0354. The molecule has 0 unspecified atom stereocenters. The summed E-state index contributed by atoms with van der Waals surface area (Å²) in [5, 5.41) is 0. The van der Waals surface area contributed by atoms with Gasteiger partial charge in [0, 0.05) is 30.2 Å². The molecular weight excluding hydrogens is 262 g/mol. The molecule has 4 nitrogen and oxygen atoms in total. The number of carbonyl (C=O) groups excluding carboxylic acids is 1. The van der Waals surface area contributed by atoms with Crippen LogP contribution >= 0.6 is 0 Å². The second kappa shape index (κ2) is 5.56. The molecule has 1 amide bonds. The van der Waals surface area contributed by atoms with Gasteiger partial charge in [-0.25, -0.2) is 0 Å². The van der Waals surface area contributed by atoms with E-state index in [4.69, 9.17) is 5.73 Å². The first-order valence-corrected chi connectivity index (χ1v) is 7.22. The van der Waals surface area contributed by atoms with Crippen LogP contribution in [0.4, 0.5) is 5.69 Å². The number of nitrogen functional groups attached to an aromatic ring is 1. The molecule has 21 heavy (non-hydrogen) atoms. The molecule has 3 rings (SSSR count). The van der Waals surface area contributed by atoms with E-state index in [0.29, 0.717) is 18.2 Å². The number of anilines is 1. The lowest BCUT2D eigenvalue weighted by Gasteiger charge is -2.23. The number of para-hydroxylation sites is 1. The number of aryl methyl sites for hydroxylation is 1. The van der Waals surface area contributed by atoms with Gasteiger partial charge in [-0.2, -0.15) is 0 Å². The molecule has 1 heterocycles. The molecule has 0 spiro atoms. The first-order valence-electron chi connectivity index (χ1n) is 7.22. The Morgan fingerprint density at radius 1 is 1.29 bits per heavy atom. The van der Waals surface area contributed by atoms with Gasteiger partial charge in [0.25, 0.3) is 5.91 Å². The molecule has 0 bridgehead atoms. The molecule has 108 valence electrons. The first kappa shape index (κ1) is 13.6. The predicted octanol–water partition coefficient (Wildman–Crippen LogP) is 2.78. The highest BCUT2D eigenvalue weighted by Gasteiger charge is 2.33. The van der Waals surface area contributed by atoms with Crippen molar-refractivity contribution in [3.8, 4) is 0 Å². The van der Waals surface area contributed by atoms with Crippen molar-refractivity contribution in [2.75, 3.05) is 5.73 Å². The fourth-order valence-corrected chi connectivity index (χ4v) is 2.37. The van der Waals surface area contributed by atoms with Crippen molar-refractivity contribution in [3.05, 3.63) is 59.4 Å². The van der Waals surface area contributed by atoms with Gasteiger partial charge in [-0.3, -0.25) is 9.78 Å². The maximum Gasteiger partial charge on any atom is 0.255 e. The Kier molecular flexibility index (Phi) is 3.60. The van der Waals surface area contributed by atoms with Crippen molar-refractivity contribution in [1.82, 2.24) is 9.88 Å². The average Bonchev–Trinajstić information content (AvgIpc) is 3.31. The first-order chi connectivity index (χ1) is 10.1. The number of benzene rings is 1. The number of pyridine rings is 1. The zero-order chi connectivity index (χ0) is 14.8. The third-order valence-electron chi connectivity index (χ3n) is 3.80. The molecule has 0 aliphatic heterocycles. The molecule has 1 saturated carbocycles. The Labute approximate surface area is 124 Å². The van der Waals surface area contributed by atoms with E-state index in [9.17, 15) is 4.79 Å². The summed E-state index contributed by atoms with van der Waals surface area (Å²) in [6.45, 7) is 2.47. The van der Waals surface area contributed by atoms with Crippen molar-refractivity contribution in [3.63, 3.8) is 0 Å². The summed E-state index contributed by atoms with van der Waals surface area (Å²) in [7, 11) is 0. The van der Waals surface area contributed by atoms with Crippen LogP contribution < -0.4 is 5.73 Å². The monoisotopic (exact) mass is 281 g/mol. The van der Waals surface area contributed by atoms with Crippen LogP contribution in [0.25, 0.3) is 0 Å². The van der Waals surface area contributed by atoms with Gasteiger partial charge in [0.2, 0.25) is 0 Å². The summed E-state index contributed by atoms with van der Waals surface area (Å²) in [6.07, 6.45) is 3.79. The number of nitrogens with zero attached hydrogens (tertiary/aromatic N) is 2. The number of nitrogens with two attached hydrogens (primary N) is 1. The minimum atomic E-state index is 0.0354. The number of hydrogen-bond donors (Lipinski definition) is 1. The van der Waals surface area contributed by atoms with Gasteiger partial charge in [0.1, 0.15) is 0 Å². The van der Waals surface area contributed by atoms with Crippen molar-refractivity contribution in [1.29, 1.82) is 0 Å². The van der Waals surface area contributed by atoms with Crippen molar-refractivity contribution in [2.24, 2.45) is 0 Å². The summed E-state index contributed by atoms with van der Waals surface area (Å²) < 4.78 is 0. The van der Waals surface area contributed by atoms with Crippen LogP contribution in [0.1, 0.15) is 34.5 Å². The average molecular weight is 281 g/mol. The van der Waals surface area contributed by atoms with Crippen LogP contribution in [-0.2, 0) is 6.54 Å². The van der Waals surface area contributed by atoms with Crippen LogP contribution in [0.5, 0.6) is 0 Å². The van der Waals surface area contributed by atoms with Gasteiger partial charge >= 0.3 is 0 Å². The summed E-state index contributed by atoms with van der Waals surface area (Å²) >= 11 is 0. The maximum atomic E-state index is 12.7. The van der Waals surface area contributed by atoms with Gasteiger partial charge in [0.15, 0.2) is 0 Å². The quantitative estimate of drug-likeness (QED) is 0.877. The zero-order valence-corrected chi connectivity index (χ0v) is 12.1. The SMILES string of the molecule is Cc1ccc(C(=O)N(Cc2ccccc2N)C2CC2)cn1. The Bertz CT molecular complexity index is 647. The molecule has 1 aliphatic carbocycles. The summed E-state index contributed by atoms with van der Waals surface area (Å²) in [4.78, 5) is 18.8. The van der Waals surface area contributed by atoms with E-state index in [0.717, 1.165) is 29.8 Å². The standard InChI is InChI=1S/C17H19N3O/c1-12-6-7-13(10-19-12)17(21)20(15-8-9-15)11-14-4-2-3-5-16(14)18/h2-7,10,15H,8-9,11,18H2,1H3. The predicted molar refractivity (Wildman–Crippen MR) is 82.7 cm³/mol. The second-order valence-corrected chi connectivity index (χ2v) is 5.55. The highest BCUT2D eigenvalue weighted by Crippen LogP contribution is 2.30. The van der Waals surface area contributed by atoms with E-state index in [2.05, 4.69) is 4.98 Å². The van der Waals surface area contributed by atoms with Gasteiger partial charge in [-0.15, -0.1) is 0 Å². The molecule has 1 aromatic heterocycles. The normalized spacial score (nSPS) is 14.0. The molecule has 0 saturated heterocycles. The summed E-state index contributed by atoms with van der Waals surface area (Å²) in [6, 6.07) is 11.8. The molecule has 1 aromatic carbocycles. The Morgan fingerprint density at radius 2 is 2.05 bits per heavy atom. The van der Waals surface area contributed by atoms with Crippen LogP contribution in [0, 0.1) is 6.92 Å². The van der Waals surface area contributed by atoms with E-state index in [-0.39, 0.29) is 5.91 Å². The van der Waals surface area contributed by atoms with Gasteiger partial charge in [-0.1, -0.05) is 18.2 Å². The lowest BCUT2D eigenvalue weighted by molar-refractivity contribution is 0.0730. The second-order valence-electron chi connectivity index (χ2n) is 5.55. The third-order valence-corrected chi connectivity index (χ3v) is 3.80. The van der Waals surface area contributed by atoms with Crippen molar-refractivity contribution < 1.29 is 4.79 Å². The zero-order valence-electron chi connectivity index (χ0n) is 12.1. The lowest BCUT2D eigenvalue weighted by Crippen LogP contribution is -2.33. The highest BCUT2D eigenvalue weighted by molar-refractivity contribution is 5.94. The molecule has 1 aliphatic rings. The Hall–Kier alpha value is -2.36. The van der Waals surface area contributed by atoms with Gasteiger partial charge in [0.05, 0.1) is 5.56 Å². The minimum Gasteiger partial charge on any atom is -0.398 e. The molecule has 0 atom stereocenters. The van der Waals surface area contributed by atoms with E-state index in [1.54, 1.807) is 6.20 Å². The lowest BCUT2D eigenvalue weighted by atomic mass is 10.1. The molecule has 1 fully saturated rings. The fourth-order valence-electron chi connectivity index (χ4n) is 2.37. The van der Waals surface area contributed by atoms with E-state index >= 15 is 0 Å². The fraction of sp³-hybridized carbons (Fsp3) is 0.294. The number of rotatable bonds is 4. The Morgan fingerprint density at radius 3 is 2.67 bits per heavy atom. The number of amides is 1. The van der Waals surface area contributed by atoms with E-state index < -0.39 is 0 Å². The van der Waals surface area contributed by atoms with Crippen molar-refractivity contribution in [2.45, 2.75) is 32.4 Å². The van der Waals surface area contributed by atoms with Crippen LogP contribution in [0.2, 0.25) is 0 Å². The van der Waals surface area contributed by atoms with E-state index in [1.165, 1.54) is 0 Å². The highest BCUT2D eigenvalue weighted by atomic mass is 16.2. The minimum absolute atomic E-state index is 0.0354. The van der Waals surface area contributed by atoms with Crippen LogP contribution in [0.15, 0.2) is 42.6 Å². The smallest absolute Gasteiger partial charge is 0.255 e. The molecular formula is C17H19N3O. The van der Waals surface area contributed by atoms with Crippen LogP contribution in [0.3, 0.4) is 0 Å². The van der Waals surface area contributed by atoms with Gasteiger partial charge in [-0.05, 0) is 43.5 Å². The van der Waals surface area contributed by atoms with Crippen molar-refractivity contribution >= 4 is 11.6 Å². The number of carbonyl (C=O) groups is 1. The number of hydrogen-bond acceptors (Lipinski definition) is 3.